The Kier molecular flexibility index (Phi) is 8.21. The highest BCUT2D eigenvalue weighted by Gasteiger charge is 2.14. The number of carbonyl (C=O) groups excluding carboxylic acids is 2. The van der Waals surface area contributed by atoms with Crippen LogP contribution in [-0.4, -0.2) is 44.0 Å². The molecule has 0 aromatic heterocycles. The van der Waals surface area contributed by atoms with Crippen LogP contribution in [0.2, 0.25) is 0 Å². The maximum Gasteiger partial charge on any atom is 0.266 e. The summed E-state index contributed by atoms with van der Waals surface area (Å²) in [6, 6.07) is 12.7. The Balaban J connectivity index is 2.26. The molecule has 2 aromatic carbocycles. The van der Waals surface area contributed by atoms with Gasteiger partial charge in [-0.1, -0.05) is 24.3 Å². The normalized spacial score (nSPS) is 10.8. The molecule has 162 valence electrons. The van der Waals surface area contributed by atoms with Gasteiger partial charge >= 0.3 is 0 Å². The van der Waals surface area contributed by atoms with Crippen molar-refractivity contribution in [2.24, 2.45) is 0 Å². The van der Waals surface area contributed by atoms with Crippen LogP contribution in [-0.2, 0) is 9.59 Å². The van der Waals surface area contributed by atoms with Crippen LogP contribution in [0.15, 0.2) is 42.0 Å². The molecule has 0 aliphatic rings. The molecule has 0 atom stereocenters. The largest absolute Gasteiger partial charge is 0.490 e. The molecule has 0 aliphatic carbocycles. The van der Waals surface area contributed by atoms with Crippen molar-refractivity contribution in [1.29, 1.82) is 5.26 Å². The van der Waals surface area contributed by atoms with Gasteiger partial charge in [-0.2, -0.15) is 5.26 Å². The van der Waals surface area contributed by atoms with Crippen LogP contribution >= 0.6 is 0 Å². The zero-order chi connectivity index (χ0) is 23.0. The zero-order valence-corrected chi connectivity index (χ0v) is 18.5. The predicted octanol–water partition coefficient (Wildman–Crippen LogP) is 3.71. The summed E-state index contributed by atoms with van der Waals surface area (Å²) in [5.74, 6) is 0.166. The van der Waals surface area contributed by atoms with E-state index in [-0.39, 0.29) is 18.1 Å². The summed E-state index contributed by atoms with van der Waals surface area (Å²) >= 11 is 0. The van der Waals surface area contributed by atoms with E-state index in [1.165, 1.54) is 11.0 Å². The number of para-hydroxylation sites is 1. The molecular weight excluding hydrogens is 394 g/mol. The second-order valence-corrected chi connectivity index (χ2v) is 7.11. The summed E-state index contributed by atoms with van der Waals surface area (Å²) in [6.45, 7) is 5.89. The number of amides is 2. The Bertz CT molecular complexity index is 1020. The minimum absolute atomic E-state index is 0.0402. The van der Waals surface area contributed by atoms with Crippen molar-refractivity contribution in [2.75, 3.05) is 32.6 Å². The van der Waals surface area contributed by atoms with Crippen molar-refractivity contribution in [3.05, 3.63) is 58.7 Å². The Hall–Kier alpha value is -3.79. The highest BCUT2D eigenvalue weighted by atomic mass is 16.5. The second kappa shape index (κ2) is 10.8. The van der Waals surface area contributed by atoms with E-state index in [9.17, 15) is 14.9 Å². The highest BCUT2D eigenvalue weighted by Crippen LogP contribution is 2.29. The number of nitrogens with one attached hydrogen (secondary N) is 1. The molecule has 0 fully saturated rings. The van der Waals surface area contributed by atoms with Crippen LogP contribution in [0.3, 0.4) is 0 Å². The first kappa shape index (κ1) is 23.5. The van der Waals surface area contributed by atoms with Crippen LogP contribution in [0.1, 0.15) is 23.6 Å². The van der Waals surface area contributed by atoms with E-state index in [1.54, 1.807) is 32.3 Å². The summed E-state index contributed by atoms with van der Waals surface area (Å²) in [6.07, 6.45) is 1.49. The number of hydrogen-bond acceptors (Lipinski definition) is 5. The molecule has 0 unspecified atom stereocenters. The summed E-state index contributed by atoms with van der Waals surface area (Å²) in [7, 11) is 3.30. The third-order valence-electron chi connectivity index (χ3n) is 4.51. The fourth-order valence-electron chi connectivity index (χ4n) is 2.78. The quantitative estimate of drug-likeness (QED) is 0.518. The van der Waals surface area contributed by atoms with Crippen molar-refractivity contribution in [3.8, 4) is 17.6 Å². The third-order valence-corrected chi connectivity index (χ3v) is 4.51. The summed E-state index contributed by atoms with van der Waals surface area (Å²) < 4.78 is 11.2. The smallest absolute Gasteiger partial charge is 0.266 e. The number of nitriles is 1. The number of carbonyl (C=O) groups is 2. The van der Waals surface area contributed by atoms with Crippen LogP contribution in [0, 0.1) is 25.2 Å². The number of benzene rings is 2. The van der Waals surface area contributed by atoms with Crippen molar-refractivity contribution < 1.29 is 19.1 Å². The first-order valence-corrected chi connectivity index (χ1v) is 9.86. The molecule has 2 aromatic rings. The molecular formula is C24H27N3O4. The molecule has 31 heavy (non-hydrogen) atoms. The zero-order valence-electron chi connectivity index (χ0n) is 18.5. The van der Waals surface area contributed by atoms with E-state index in [2.05, 4.69) is 5.32 Å². The molecule has 2 rings (SSSR count). The van der Waals surface area contributed by atoms with Gasteiger partial charge in [0.15, 0.2) is 18.1 Å². The lowest BCUT2D eigenvalue weighted by molar-refractivity contribution is -0.130. The molecule has 1 N–H and O–H groups in total. The topological polar surface area (TPSA) is 91.7 Å². The van der Waals surface area contributed by atoms with Crippen LogP contribution < -0.4 is 14.8 Å². The van der Waals surface area contributed by atoms with Gasteiger partial charge in [-0.05, 0) is 55.7 Å². The lowest BCUT2D eigenvalue weighted by Gasteiger charge is -2.15. The maximum atomic E-state index is 12.7. The standard InChI is InChI=1S/C24H27N3O4/c1-6-30-21-13-18(10-11-20(21)31-15-22(28)27(4)5)12-19(14-25)24(29)26-23-16(2)8-7-9-17(23)3/h7-13H,6,15H2,1-5H3,(H,26,29)/b19-12+. The molecule has 0 aliphatic heterocycles. The molecule has 7 nitrogen and oxygen atoms in total. The summed E-state index contributed by atoms with van der Waals surface area (Å²) in [5.41, 5.74) is 3.08. The minimum Gasteiger partial charge on any atom is -0.490 e. The van der Waals surface area contributed by atoms with Crippen LogP contribution in [0.4, 0.5) is 5.69 Å². The average molecular weight is 421 g/mol. The highest BCUT2D eigenvalue weighted by molar-refractivity contribution is 6.10. The number of nitrogens with zero attached hydrogens (tertiary/aromatic N) is 2. The van der Waals surface area contributed by atoms with E-state index in [0.29, 0.717) is 29.4 Å². The minimum atomic E-state index is -0.491. The molecule has 2 amide bonds. The predicted molar refractivity (Wildman–Crippen MR) is 120 cm³/mol. The Morgan fingerprint density at radius 2 is 1.77 bits per heavy atom. The van der Waals surface area contributed by atoms with Crippen LogP contribution in [0.5, 0.6) is 11.5 Å². The van der Waals surface area contributed by atoms with Gasteiger partial charge in [-0.15, -0.1) is 0 Å². The van der Waals surface area contributed by atoms with Gasteiger partial charge < -0.3 is 19.7 Å². The van der Waals surface area contributed by atoms with Gasteiger partial charge in [0.2, 0.25) is 0 Å². The van der Waals surface area contributed by atoms with Crippen molar-refractivity contribution >= 4 is 23.6 Å². The maximum absolute atomic E-state index is 12.7. The summed E-state index contributed by atoms with van der Waals surface area (Å²) in [5, 5.41) is 12.3. The Morgan fingerprint density at radius 1 is 1.10 bits per heavy atom. The SMILES string of the molecule is CCOc1cc(/C=C(\C#N)C(=O)Nc2c(C)cccc2C)ccc1OCC(=O)N(C)C. The van der Waals surface area contributed by atoms with Gasteiger partial charge in [0.05, 0.1) is 6.61 Å². The third kappa shape index (κ3) is 6.34. The van der Waals surface area contributed by atoms with Gasteiger partial charge in [0.1, 0.15) is 11.6 Å². The monoisotopic (exact) mass is 421 g/mol. The molecule has 0 spiro atoms. The van der Waals surface area contributed by atoms with Crippen LogP contribution in [0.25, 0.3) is 6.08 Å². The van der Waals surface area contributed by atoms with E-state index >= 15 is 0 Å². The van der Waals surface area contributed by atoms with Crippen molar-refractivity contribution in [2.45, 2.75) is 20.8 Å². The lowest BCUT2D eigenvalue weighted by atomic mass is 10.1. The average Bonchev–Trinajstić information content (AvgIpc) is 2.73. The van der Waals surface area contributed by atoms with E-state index in [1.807, 2.05) is 45.0 Å². The van der Waals surface area contributed by atoms with E-state index in [0.717, 1.165) is 11.1 Å². The van der Waals surface area contributed by atoms with Gasteiger partial charge in [0, 0.05) is 19.8 Å². The number of rotatable bonds is 8. The van der Waals surface area contributed by atoms with E-state index < -0.39 is 5.91 Å². The molecule has 7 heteroatoms. The number of anilines is 1. The number of ether oxygens (including phenoxy) is 2. The van der Waals surface area contributed by atoms with Gasteiger partial charge in [0.25, 0.3) is 11.8 Å². The second-order valence-electron chi connectivity index (χ2n) is 7.11. The van der Waals surface area contributed by atoms with Crippen molar-refractivity contribution in [1.82, 2.24) is 4.90 Å². The lowest BCUT2D eigenvalue weighted by Crippen LogP contribution is -2.27. The number of aryl methyl sites for hydroxylation is 2. The summed E-state index contributed by atoms with van der Waals surface area (Å²) in [4.78, 5) is 25.9. The molecule has 0 heterocycles. The van der Waals surface area contributed by atoms with Crippen molar-refractivity contribution in [3.63, 3.8) is 0 Å². The fourth-order valence-corrected chi connectivity index (χ4v) is 2.78. The molecule has 0 radical (unpaired) electrons. The Labute approximate surface area is 182 Å². The molecule has 0 bridgehead atoms. The Morgan fingerprint density at radius 3 is 2.35 bits per heavy atom. The molecule has 0 saturated heterocycles. The van der Waals surface area contributed by atoms with Gasteiger partial charge in [-0.3, -0.25) is 9.59 Å². The van der Waals surface area contributed by atoms with E-state index in [4.69, 9.17) is 9.47 Å². The first-order valence-electron chi connectivity index (χ1n) is 9.86. The fraction of sp³-hybridized carbons (Fsp3) is 0.292. The van der Waals surface area contributed by atoms with Gasteiger partial charge in [-0.25, -0.2) is 0 Å². The molecule has 0 saturated carbocycles. The first-order chi connectivity index (χ1) is 14.8. The number of likely N-dealkylation sites (N-methyl/N-ethyl adjacent to an activating group) is 1. The number of hydrogen-bond donors (Lipinski definition) is 1.